The van der Waals surface area contributed by atoms with Gasteiger partial charge in [-0.2, -0.15) is 0 Å². The predicted octanol–water partition coefficient (Wildman–Crippen LogP) is 16.1. The number of nitrogens with zero attached hydrogens (tertiary/aromatic N) is 2. The third-order valence-corrected chi connectivity index (χ3v) is 11.8. The Kier molecular flexibility index (Phi) is 8.87. The van der Waals surface area contributed by atoms with Gasteiger partial charge in [-0.15, -0.1) is 0 Å². The van der Waals surface area contributed by atoms with E-state index in [1.807, 2.05) is 0 Å². The molecule has 0 aliphatic heterocycles. The lowest BCUT2D eigenvalue weighted by Crippen LogP contribution is -2.12. The fraction of sp³-hybridized carbons (Fsp3) is 0. The number of hydrogen-bond donors (Lipinski definition) is 0. The fourth-order valence-corrected chi connectivity index (χ4v) is 9.08. The Balaban J connectivity index is 1.05. The summed E-state index contributed by atoms with van der Waals surface area (Å²) in [6.45, 7) is 0. The van der Waals surface area contributed by atoms with E-state index >= 15 is 0 Å². The smallest absolute Gasteiger partial charge is 0.0541 e. The number of benzene rings is 10. The average Bonchev–Trinajstić information content (AvgIpc) is 3.67. The highest BCUT2D eigenvalue weighted by atomic mass is 15.1. The van der Waals surface area contributed by atoms with Crippen LogP contribution in [0.25, 0.3) is 82.8 Å². The molecule has 0 atom stereocenters. The van der Waals surface area contributed by atoms with Gasteiger partial charge in [0.05, 0.1) is 22.4 Å². The van der Waals surface area contributed by atoms with E-state index in [1.165, 1.54) is 66.0 Å². The number of anilines is 3. The van der Waals surface area contributed by atoms with Crippen molar-refractivity contribution >= 4 is 49.6 Å². The highest BCUT2D eigenvalue weighted by molar-refractivity contribution is 6.09. The summed E-state index contributed by atoms with van der Waals surface area (Å²) in [5, 5.41) is 4.92. The van der Waals surface area contributed by atoms with Gasteiger partial charge in [0.1, 0.15) is 0 Å². The molecule has 1 heterocycles. The maximum absolute atomic E-state index is 2.44. The van der Waals surface area contributed by atoms with Gasteiger partial charge < -0.3 is 9.47 Å². The summed E-state index contributed by atoms with van der Waals surface area (Å²) in [5.74, 6) is 0. The van der Waals surface area contributed by atoms with Crippen LogP contribution in [0.3, 0.4) is 0 Å². The molecule has 60 heavy (non-hydrogen) atoms. The average molecular weight is 765 g/mol. The number of aromatic nitrogens is 1. The van der Waals surface area contributed by atoms with Crippen LogP contribution in [0.1, 0.15) is 0 Å². The van der Waals surface area contributed by atoms with Gasteiger partial charge in [-0.25, -0.2) is 0 Å². The van der Waals surface area contributed by atoms with E-state index in [-0.39, 0.29) is 0 Å². The van der Waals surface area contributed by atoms with Crippen molar-refractivity contribution in [2.24, 2.45) is 0 Å². The maximum atomic E-state index is 2.44. The van der Waals surface area contributed by atoms with Gasteiger partial charge in [-0.3, -0.25) is 0 Å². The third kappa shape index (κ3) is 6.14. The zero-order valence-corrected chi connectivity index (χ0v) is 33.0. The van der Waals surface area contributed by atoms with E-state index in [0.717, 1.165) is 33.9 Å². The Morgan fingerprint density at radius 1 is 0.283 bits per heavy atom. The molecule has 0 amide bonds. The van der Waals surface area contributed by atoms with Crippen molar-refractivity contribution in [2.75, 3.05) is 4.90 Å². The van der Waals surface area contributed by atoms with Gasteiger partial charge in [0.15, 0.2) is 0 Å². The molecule has 1 aromatic heterocycles. The predicted molar refractivity (Wildman–Crippen MR) is 255 cm³/mol. The van der Waals surface area contributed by atoms with Crippen LogP contribution in [0.4, 0.5) is 17.1 Å². The van der Waals surface area contributed by atoms with Gasteiger partial charge >= 0.3 is 0 Å². The molecule has 0 unspecified atom stereocenters. The second-order valence-electron chi connectivity index (χ2n) is 15.3. The first kappa shape index (κ1) is 35.2. The van der Waals surface area contributed by atoms with Crippen LogP contribution in [0.5, 0.6) is 0 Å². The Hall–Kier alpha value is -7.94. The van der Waals surface area contributed by atoms with E-state index in [0.29, 0.717) is 0 Å². The van der Waals surface area contributed by atoms with Crippen LogP contribution >= 0.6 is 0 Å². The molecule has 0 fully saturated rings. The lowest BCUT2D eigenvalue weighted by molar-refractivity contribution is 1.18. The second kappa shape index (κ2) is 15.1. The Bertz CT molecular complexity index is 3260. The quantitative estimate of drug-likeness (QED) is 0.150. The lowest BCUT2D eigenvalue weighted by Gasteiger charge is -2.29. The van der Waals surface area contributed by atoms with Crippen LogP contribution in [-0.2, 0) is 0 Å². The minimum absolute atomic E-state index is 1.09. The molecule has 0 radical (unpaired) electrons. The minimum Gasteiger partial charge on any atom is -0.309 e. The SMILES string of the molecule is c1ccc(-c2ccccc2-c2ccccc2-c2ccccc2N(c2ccc(-c3cccc(-n4c5ccccc5c5ccccc54)c3)cc2)c2cccc3ccccc23)cc1. The largest absolute Gasteiger partial charge is 0.309 e. The van der Waals surface area contributed by atoms with E-state index in [9.17, 15) is 0 Å². The minimum atomic E-state index is 1.09. The van der Waals surface area contributed by atoms with Gasteiger partial charge in [0, 0.05) is 33.1 Å². The molecule has 0 saturated carbocycles. The molecule has 0 aliphatic rings. The first-order valence-electron chi connectivity index (χ1n) is 20.6. The van der Waals surface area contributed by atoms with Crippen molar-refractivity contribution < 1.29 is 0 Å². The fourth-order valence-electron chi connectivity index (χ4n) is 9.08. The topological polar surface area (TPSA) is 8.17 Å². The standard InChI is InChI=1S/C58H40N2/c1-2-18-42(19-3-1)47-24-6-7-26-49(47)50-27-8-9-28-51(50)52-29-10-13-32-56(52)59(55-35-17-21-43-20-4-5-25-48(43)55)45-38-36-41(37-39-45)44-22-16-23-46(40-44)60-57-33-14-11-30-53(57)54-31-12-15-34-58(54)60/h1-40H. The number of rotatable bonds is 8. The number of fused-ring (bicyclic) bond motifs is 4. The molecule has 282 valence electrons. The summed E-state index contributed by atoms with van der Waals surface area (Å²) in [4.78, 5) is 2.44. The first-order chi connectivity index (χ1) is 29.8. The Morgan fingerprint density at radius 2 is 0.767 bits per heavy atom. The molecule has 11 aromatic rings. The summed E-state index contributed by atoms with van der Waals surface area (Å²) in [7, 11) is 0. The van der Waals surface area contributed by atoms with Crippen molar-refractivity contribution in [1.29, 1.82) is 0 Å². The molecule has 2 heteroatoms. The van der Waals surface area contributed by atoms with Gasteiger partial charge in [0.25, 0.3) is 0 Å². The van der Waals surface area contributed by atoms with Gasteiger partial charge in [-0.05, 0) is 92.9 Å². The molecule has 0 spiro atoms. The summed E-state index contributed by atoms with van der Waals surface area (Å²) in [6, 6.07) is 87.9. The monoisotopic (exact) mass is 764 g/mol. The molecule has 0 bridgehead atoms. The van der Waals surface area contributed by atoms with Crippen LogP contribution in [0.2, 0.25) is 0 Å². The van der Waals surface area contributed by atoms with Crippen molar-refractivity contribution in [3.63, 3.8) is 0 Å². The van der Waals surface area contributed by atoms with Crippen LogP contribution in [0.15, 0.2) is 243 Å². The van der Waals surface area contributed by atoms with E-state index in [4.69, 9.17) is 0 Å². The lowest BCUT2D eigenvalue weighted by atomic mass is 9.88. The summed E-state index contributed by atoms with van der Waals surface area (Å²) < 4.78 is 2.39. The molecular formula is C58H40N2. The van der Waals surface area contributed by atoms with E-state index in [2.05, 4.69) is 252 Å². The van der Waals surface area contributed by atoms with Gasteiger partial charge in [-0.1, -0.05) is 194 Å². The van der Waals surface area contributed by atoms with Crippen LogP contribution in [-0.4, -0.2) is 4.57 Å². The molecule has 11 rings (SSSR count). The highest BCUT2D eigenvalue weighted by Crippen LogP contribution is 2.47. The van der Waals surface area contributed by atoms with E-state index in [1.54, 1.807) is 0 Å². The number of para-hydroxylation sites is 3. The van der Waals surface area contributed by atoms with Crippen molar-refractivity contribution in [2.45, 2.75) is 0 Å². The zero-order valence-electron chi connectivity index (χ0n) is 33.0. The van der Waals surface area contributed by atoms with Gasteiger partial charge in [0.2, 0.25) is 0 Å². The van der Waals surface area contributed by atoms with Crippen molar-refractivity contribution in [1.82, 2.24) is 4.57 Å². The van der Waals surface area contributed by atoms with Crippen LogP contribution in [0, 0.1) is 0 Å². The summed E-state index contributed by atoms with van der Waals surface area (Å²) in [5.41, 5.74) is 16.4. The second-order valence-corrected chi connectivity index (χ2v) is 15.3. The molecule has 0 aliphatic carbocycles. The molecule has 0 N–H and O–H groups in total. The molecule has 0 saturated heterocycles. The Morgan fingerprint density at radius 3 is 1.48 bits per heavy atom. The highest BCUT2D eigenvalue weighted by Gasteiger charge is 2.22. The zero-order chi connectivity index (χ0) is 39.8. The maximum Gasteiger partial charge on any atom is 0.0541 e. The van der Waals surface area contributed by atoms with Crippen LogP contribution < -0.4 is 4.90 Å². The normalized spacial score (nSPS) is 11.3. The molecule has 10 aromatic carbocycles. The third-order valence-electron chi connectivity index (χ3n) is 11.8. The first-order valence-corrected chi connectivity index (χ1v) is 20.6. The van der Waals surface area contributed by atoms with Crippen molar-refractivity contribution in [3.05, 3.63) is 243 Å². The van der Waals surface area contributed by atoms with E-state index < -0.39 is 0 Å². The summed E-state index contributed by atoms with van der Waals surface area (Å²) in [6.07, 6.45) is 0. The molecule has 2 nitrogen and oxygen atoms in total. The number of hydrogen-bond acceptors (Lipinski definition) is 1. The summed E-state index contributed by atoms with van der Waals surface area (Å²) >= 11 is 0. The van der Waals surface area contributed by atoms with Crippen molar-refractivity contribution in [3.8, 4) is 50.2 Å². The Labute approximate surface area is 350 Å². The molecular weight excluding hydrogens is 725 g/mol.